The molecule has 0 aliphatic carbocycles. The summed E-state index contributed by atoms with van der Waals surface area (Å²) in [5.74, 6) is 0.172. The van der Waals surface area contributed by atoms with Crippen molar-refractivity contribution in [2.45, 2.75) is 12.9 Å². The van der Waals surface area contributed by atoms with Crippen molar-refractivity contribution in [3.63, 3.8) is 0 Å². The molecule has 3 rings (SSSR count). The summed E-state index contributed by atoms with van der Waals surface area (Å²) in [7, 11) is 0. The van der Waals surface area contributed by atoms with E-state index in [9.17, 15) is 13.2 Å². The third-order valence-corrected chi connectivity index (χ3v) is 3.03. The van der Waals surface area contributed by atoms with Gasteiger partial charge in [-0.1, -0.05) is 18.2 Å². The first-order valence-electron chi connectivity index (χ1n) is 6.40. The SMILES string of the molecule is NCc1nc2cc(-c3ccc(OC(F)(F)F)cc3)ccc2o1. The minimum Gasteiger partial charge on any atom is -0.439 e. The second-order valence-electron chi connectivity index (χ2n) is 4.57. The Labute approximate surface area is 123 Å². The van der Waals surface area contributed by atoms with Crippen LogP contribution in [0.15, 0.2) is 46.9 Å². The van der Waals surface area contributed by atoms with Gasteiger partial charge in [0.25, 0.3) is 0 Å². The van der Waals surface area contributed by atoms with Crippen molar-refractivity contribution in [3.8, 4) is 16.9 Å². The molecule has 114 valence electrons. The number of fused-ring (bicyclic) bond motifs is 1. The molecule has 0 amide bonds. The van der Waals surface area contributed by atoms with Crippen molar-refractivity contribution >= 4 is 11.1 Å². The molecule has 2 N–H and O–H groups in total. The van der Waals surface area contributed by atoms with Crippen LogP contribution in [0.2, 0.25) is 0 Å². The topological polar surface area (TPSA) is 61.3 Å². The lowest BCUT2D eigenvalue weighted by Crippen LogP contribution is -2.16. The summed E-state index contributed by atoms with van der Waals surface area (Å²) in [6.07, 6.45) is -4.69. The van der Waals surface area contributed by atoms with Crippen LogP contribution in [-0.2, 0) is 6.54 Å². The standard InChI is InChI=1S/C15H11F3N2O2/c16-15(17,18)22-11-4-1-9(2-5-11)10-3-6-13-12(7-10)20-14(8-19)21-13/h1-7H,8,19H2. The monoisotopic (exact) mass is 308 g/mol. The molecule has 0 aliphatic rings. The minimum absolute atomic E-state index is 0.202. The summed E-state index contributed by atoms with van der Waals surface area (Å²) >= 11 is 0. The number of alkyl halides is 3. The highest BCUT2D eigenvalue weighted by atomic mass is 19.4. The van der Waals surface area contributed by atoms with Crippen molar-refractivity contribution in [3.05, 3.63) is 48.4 Å². The van der Waals surface area contributed by atoms with Crippen molar-refractivity contribution in [1.82, 2.24) is 4.98 Å². The Kier molecular flexibility index (Phi) is 3.50. The van der Waals surface area contributed by atoms with Crippen LogP contribution < -0.4 is 10.5 Å². The lowest BCUT2D eigenvalue weighted by atomic mass is 10.1. The summed E-state index contributed by atoms with van der Waals surface area (Å²) in [6, 6.07) is 11.0. The van der Waals surface area contributed by atoms with E-state index in [1.165, 1.54) is 12.1 Å². The molecule has 1 heterocycles. The Balaban J connectivity index is 1.90. The zero-order valence-electron chi connectivity index (χ0n) is 11.2. The quantitative estimate of drug-likeness (QED) is 0.798. The lowest BCUT2D eigenvalue weighted by molar-refractivity contribution is -0.274. The summed E-state index contributed by atoms with van der Waals surface area (Å²) < 4.78 is 45.6. The zero-order valence-corrected chi connectivity index (χ0v) is 11.2. The molecule has 0 aliphatic heterocycles. The van der Waals surface area contributed by atoms with E-state index < -0.39 is 6.36 Å². The van der Waals surface area contributed by atoms with E-state index in [2.05, 4.69) is 9.72 Å². The van der Waals surface area contributed by atoms with Crippen molar-refractivity contribution in [2.24, 2.45) is 5.73 Å². The molecule has 0 radical (unpaired) electrons. The molecule has 0 bridgehead atoms. The van der Waals surface area contributed by atoms with Gasteiger partial charge in [-0.15, -0.1) is 13.2 Å². The second kappa shape index (κ2) is 5.34. The van der Waals surface area contributed by atoms with Crippen LogP contribution in [0.5, 0.6) is 5.75 Å². The normalized spacial score (nSPS) is 11.8. The predicted octanol–water partition coefficient (Wildman–Crippen LogP) is 3.85. The van der Waals surface area contributed by atoms with Gasteiger partial charge in [0.15, 0.2) is 5.58 Å². The fraction of sp³-hybridized carbons (Fsp3) is 0.133. The number of aromatic nitrogens is 1. The molecule has 0 fully saturated rings. The molecule has 0 saturated heterocycles. The molecule has 2 aromatic carbocycles. The number of hydrogen-bond donors (Lipinski definition) is 1. The number of nitrogens with zero attached hydrogens (tertiary/aromatic N) is 1. The maximum atomic E-state index is 12.1. The van der Waals surface area contributed by atoms with Gasteiger partial charge in [0.05, 0.1) is 6.54 Å². The van der Waals surface area contributed by atoms with Gasteiger partial charge < -0.3 is 14.9 Å². The third-order valence-electron chi connectivity index (χ3n) is 3.03. The smallest absolute Gasteiger partial charge is 0.439 e. The summed E-state index contributed by atoms with van der Waals surface area (Å²) in [5, 5.41) is 0. The highest BCUT2D eigenvalue weighted by Crippen LogP contribution is 2.28. The summed E-state index contributed by atoms with van der Waals surface area (Å²) in [5.41, 5.74) is 8.28. The summed E-state index contributed by atoms with van der Waals surface area (Å²) in [4.78, 5) is 4.22. The summed E-state index contributed by atoms with van der Waals surface area (Å²) in [6.45, 7) is 0.202. The Morgan fingerprint density at radius 3 is 2.36 bits per heavy atom. The van der Waals surface area contributed by atoms with E-state index in [0.29, 0.717) is 17.0 Å². The van der Waals surface area contributed by atoms with Crippen LogP contribution in [0.3, 0.4) is 0 Å². The molecular formula is C15H11F3N2O2. The Bertz CT molecular complexity index is 795. The molecular weight excluding hydrogens is 297 g/mol. The molecule has 7 heteroatoms. The molecule has 0 saturated carbocycles. The molecule has 0 spiro atoms. The predicted molar refractivity (Wildman–Crippen MR) is 74.0 cm³/mol. The maximum Gasteiger partial charge on any atom is 0.573 e. The first-order valence-corrected chi connectivity index (χ1v) is 6.40. The van der Waals surface area contributed by atoms with Crippen LogP contribution in [0.4, 0.5) is 13.2 Å². The van der Waals surface area contributed by atoms with Crippen molar-refractivity contribution < 1.29 is 22.3 Å². The van der Waals surface area contributed by atoms with Gasteiger partial charge in [-0.05, 0) is 35.4 Å². The minimum atomic E-state index is -4.69. The molecule has 0 atom stereocenters. The largest absolute Gasteiger partial charge is 0.573 e. The molecule has 22 heavy (non-hydrogen) atoms. The Morgan fingerprint density at radius 1 is 1.05 bits per heavy atom. The van der Waals surface area contributed by atoms with Gasteiger partial charge in [-0.25, -0.2) is 4.98 Å². The van der Waals surface area contributed by atoms with E-state index in [1.807, 2.05) is 0 Å². The average Bonchev–Trinajstić information content (AvgIpc) is 2.88. The lowest BCUT2D eigenvalue weighted by Gasteiger charge is -2.09. The molecule has 0 unspecified atom stereocenters. The number of ether oxygens (including phenoxy) is 1. The number of hydrogen-bond acceptors (Lipinski definition) is 4. The van der Waals surface area contributed by atoms with Crippen LogP contribution in [-0.4, -0.2) is 11.3 Å². The second-order valence-corrected chi connectivity index (χ2v) is 4.57. The van der Waals surface area contributed by atoms with Gasteiger partial charge in [-0.3, -0.25) is 0 Å². The van der Waals surface area contributed by atoms with Crippen molar-refractivity contribution in [2.75, 3.05) is 0 Å². The van der Waals surface area contributed by atoms with E-state index in [4.69, 9.17) is 10.2 Å². The van der Waals surface area contributed by atoms with E-state index >= 15 is 0 Å². The van der Waals surface area contributed by atoms with Gasteiger partial charge in [0, 0.05) is 0 Å². The Morgan fingerprint density at radius 2 is 1.73 bits per heavy atom. The number of rotatable bonds is 3. The number of benzene rings is 2. The Hall–Kier alpha value is -2.54. The van der Waals surface area contributed by atoms with Crippen LogP contribution in [0.25, 0.3) is 22.2 Å². The number of halogens is 3. The van der Waals surface area contributed by atoms with Gasteiger partial charge in [0.2, 0.25) is 5.89 Å². The average molecular weight is 308 g/mol. The van der Waals surface area contributed by atoms with Crippen LogP contribution >= 0.6 is 0 Å². The van der Waals surface area contributed by atoms with Crippen molar-refractivity contribution in [1.29, 1.82) is 0 Å². The number of nitrogens with two attached hydrogens (primary N) is 1. The van der Waals surface area contributed by atoms with Gasteiger partial charge in [-0.2, -0.15) is 0 Å². The number of oxazole rings is 1. The highest BCUT2D eigenvalue weighted by Gasteiger charge is 2.30. The molecule has 3 aromatic rings. The molecule has 1 aromatic heterocycles. The van der Waals surface area contributed by atoms with E-state index in [0.717, 1.165) is 11.1 Å². The van der Waals surface area contributed by atoms with Crippen LogP contribution in [0.1, 0.15) is 5.89 Å². The fourth-order valence-electron chi connectivity index (χ4n) is 2.09. The first kappa shape index (κ1) is 14.4. The fourth-order valence-corrected chi connectivity index (χ4v) is 2.09. The molecule has 4 nitrogen and oxygen atoms in total. The first-order chi connectivity index (χ1) is 10.4. The van der Waals surface area contributed by atoms with Gasteiger partial charge >= 0.3 is 6.36 Å². The van der Waals surface area contributed by atoms with E-state index in [-0.39, 0.29) is 12.3 Å². The maximum absolute atomic E-state index is 12.1. The highest BCUT2D eigenvalue weighted by molar-refractivity contribution is 5.80. The van der Waals surface area contributed by atoms with Gasteiger partial charge in [0.1, 0.15) is 11.3 Å². The zero-order chi connectivity index (χ0) is 15.7. The van der Waals surface area contributed by atoms with E-state index in [1.54, 1.807) is 30.3 Å². The third kappa shape index (κ3) is 3.04. The van der Waals surface area contributed by atoms with Crippen LogP contribution in [0, 0.1) is 0 Å².